The molecule has 238 valence electrons. The molecule has 4 aromatic carbocycles. The molecule has 1 aliphatic heterocycles. The van der Waals surface area contributed by atoms with Crippen molar-refractivity contribution in [1.29, 1.82) is 0 Å². The average Bonchev–Trinajstić information content (AvgIpc) is 3.92. The largest absolute Gasteiger partial charge is 0.369 e. The maximum Gasteiger partial charge on any atom is 0.272 e. The van der Waals surface area contributed by atoms with Crippen LogP contribution in [0.15, 0.2) is 121 Å². The highest BCUT2D eigenvalue weighted by Crippen LogP contribution is 2.38. The number of allylic oxidation sites excluding steroid dienone is 1. The summed E-state index contributed by atoms with van der Waals surface area (Å²) in [5.41, 5.74) is 13.0. The molecule has 7 nitrogen and oxygen atoms in total. The second kappa shape index (κ2) is 14.0. The van der Waals surface area contributed by atoms with Gasteiger partial charge in [-0.05, 0) is 54.5 Å². The molecule has 1 unspecified atom stereocenters. The minimum Gasteiger partial charge on any atom is -0.369 e. The first-order valence-corrected chi connectivity index (χ1v) is 16.2. The molecule has 0 bridgehead atoms. The molecule has 0 radical (unpaired) electrons. The number of rotatable bonds is 12. The zero-order valence-corrected chi connectivity index (χ0v) is 26.6. The summed E-state index contributed by atoms with van der Waals surface area (Å²) >= 11 is 0. The summed E-state index contributed by atoms with van der Waals surface area (Å²) in [6, 6.07) is 33.9. The average molecular weight is 625 g/mol. The Labute approximate surface area is 276 Å². The van der Waals surface area contributed by atoms with Gasteiger partial charge in [0.15, 0.2) is 0 Å². The van der Waals surface area contributed by atoms with Crippen LogP contribution in [-0.2, 0) is 20.9 Å². The number of nitrogens with one attached hydrogen (secondary N) is 1. The van der Waals surface area contributed by atoms with Crippen LogP contribution in [0.2, 0.25) is 0 Å². The Morgan fingerprint density at radius 1 is 0.915 bits per heavy atom. The number of nitrogens with zero attached hydrogens (tertiary/aromatic N) is 2. The summed E-state index contributed by atoms with van der Waals surface area (Å²) in [6.07, 6.45) is 3.23. The van der Waals surface area contributed by atoms with Gasteiger partial charge in [0.25, 0.3) is 5.91 Å². The van der Waals surface area contributed by atoms with Crippen LogP contribution in [-0.4, -0.2) is 29.6 Å². The SMILES string of the molecule is C=CC[C@H](C(N)=O)[C@@H](CC1CC1)C(=O)NC1N=C(c2ccccc2)c2ccccc2N(Cc2cccc(-c3ccc(C)cc3)c2)C1=O. The first-order chi connectivity index (χ1) is 22.8. The van der Waals surface area contributed by atoms with Crippen LogP contribution in [0.3, 0.4) is 0 Å². The molecule has 1 aliphatic carbocycles. The number of nitrogens with two attached hydrogens (primary N) is 1. The van der Waals surface area contributed by atoms with E-state index >= 15 is 0 Å². The number of carbonyl (C=O) groups is 3. The highest BCUT2D eigenvalue weighted by molar-refractivity contribution is 6.20. The molecule has 0 spiro atoms. The van der Waals surface area contributed by atoms with Crippen molar-refractivity contribution in [2.45, 2.75) is 45.3 Å². The Balaban J connectivity index is 1.39. The lowest BCUT2D eigenvalue weighted by atomic mass is 9.84. The Morgan fingerprint density at radius 3 is 2.32 bits per heavy atom. The molecule has 0 saturated heterocycles. The van der Waals surface area contributed by atoms with Crippen molar-refractivity contribution in [3.8, 4) is 11.1 Å². The van der Waals surface area contributed by atoms with Crippen LogP contribution in [0, 0.1) is 24.7 Å². The number of anilines is 1. The number of carbonyl (C=O) groups excluding carboxylic acids is 3. The molecule has 0 aromatic heterocycles. The number of para-hydroxylation sites is 1. The van der Waals surface area contributed by atoms with Gasteiger partial charge >= 0.3 is 0 Å². The lowest BCUT2D eigenvalue weighted by Gasteiger charge is -2.28. The van der Waals surface area contributed by atoms with Crippen molar-refractivity contribution < 1.29 is 14.4 Å². The third-order valence-corrected chi connectivity index (χ3v) is 9.08. The van der Waals surface area contributed by atoms with Gasteiger partial charge in [-0.25, -0.2) is 4.99 Å². The Morgan fingerprint density at radius 2 is 1.62 bits per heavy atom. The van der Waals surface area contributed by atoms with Gasteiger partial charge in [0, 0.05) is 11.1 Å². The van der Waals surface area contributed by atoms with Crippen LogP contribution in [0.4, 0.5) is 5.69 Å². The third kappa shape index (κ3) is 7.25. The van der Waals surface area contributed by atoms with Crippen molar-refractivity contribution >= 4 is 29.1 Å². The maximum absolute atomic E-state index is 14.6. The van der Waals surface area contributed by atoms with E-state index in [1.807, 2.05) is 66.7 Å². The third-order valence-electron chi connectivity index (χ3n) is 9.08. The zero-order valence-electron chi connectivity index (χ0n) is 26.6. The van der Waals surface area contributed by atoms with Gasteiger partial charge in [0.05, 0.1) is 29.8 Å². The molecule has 4 aromatic rings. The molecule has 3 atom stereocenters. The minimum absolute atomic E-state index is 0.269. The van der Waals surface area contributed by atoms with Gasteiger partial charge in [0.2, 0.25) is 18.0 Å². The molecule has 1 heterocycles. The van der Waals surface area contributed by atoms with Crippen LogP contribution in [0.25, 0.3) is 11.1 Å². The molecule has 7 heteroatoms. The fourth-order valence-corrected chi connectivity index (χ4v) is 6.36. The number of amides is 3. The van der Waals surface area contributed by atoms with Crippen molar-refractivity contribution in [2.24, 2.45) is 28.5 Å². The van der Waals surface area contributed by atoms with E-state index in [1.54, 1.807) is 11.0 Å². The highest BCUT2D eigenvalue weighted by Gasteiger charge is 2.40. The Bertz CT molecular complexity index is 1810. The van der Waals surface area contributed by atoms with Crippen LogP contribution >= 0.6 is 0 Å². The van der Waals surface area contributed by atoms with E-state index in [2.05, 4.69) is 55.2 Å². The predicted molar refractivity (Wildman–Crippen MR) is 187 cm³/mol. The van der Waals surface area contributed by atoms with E-state index in [1.165, 1.54) is 5.56 Å². The Kier molecular flexibility index (Phi) is 9.43. The van der Waals surface area contributed by atoms with E-state index in [0.29, 0.717) is 23.7 Å². The van der Waals surface area contributed by atoms with Gasteiger partial charge in [-0.1, -0.05) is 115 Å². The van der Waals surface area contributed by atoms with E-state index in [9.17, 15) is 14.4 Å². The van der Waals surface area contributed by atoms with Crippen molar-refractivity contribution in [2.75, 3.05) is 4.90 Å². The number of hydrogen-bond donors (Lipinski definition) is 2. The smallest absolute Gasteiger partial charge is 0.272 e. The molecule has 6 rings (SSSR count). The normalized spacial score (nSPS) is 17.1. The van der Waals surface area contributed by atoms with E-state index in [0.717, 1.165) is 40.7 Å². The van der Waals surface area contributed by atoms with Crippen LogP contribution < -0.4 is 16.0 Å². The zero-order chi connectivity index (χ0) is 32.9. The first-order valence-electron chi connectivity index (χ1n) is 16.2. The summed E-state index contributed by atoms with van der Waals surface area (Å²) in [4.78, 5) is 47.9. The molecule has 2 aliphatic rings. The second-order valence-corrected chi connectivity index (χ2v) is 12.6. The highest BCUT2D eigenvalue weighted by atomic mass is 16.2. The summed E-state index contributed by atoms with van der Waals surface area (Å²) in [7, 11) is 0. The lowest BCUT2D eigenvalue weighted by Crippen LogP contribution is -2.50. The maximum atomic E-state index is 14.6. The summed E-state index contributed by atoms with van der Waals surface area (Å²) in [5, 5.41) is 2.97. The van der Waals surface area contributed by atoms with Crippen LogP contribution in [0.1, 0.15) is 47.9 Å². The number of benzene rings is 4. The number of benzodiazepines with no additional fused rings is 1. The number of primary amides is 1. The number of hydrogen-bond acceptors (Lipinski definition) is 4. The molecule has 47 heavy (non-hydrogen) atoms. The monoisotopic (exact) mass is 624 g/mol. The van der Waals surface area contributed by atoms with Crippen molar-refractivity contribution in [3.05, 3.63) is 138 Å². The lowest BCUT2D eigenvalue weighted by molar-refractivity contribution is -0.135. The standard InChI is InChI=1S/C40H40N4O3/c1-3-10-32(37(41)45)34(24-27-19-20-27)39(46)43-38-40(47)44(25-28-11-9-14-31(23-28)29-21-17-26(2)18-22-29)35-16-8-7-15-33(35)36(42-38)30-12-5-4-6-13-30/h3-9,11-18,21-23,27,32,34,38H,1,10,19-20,24-25H2,2H3,(H2,41,45)(H,43,46)/t32-,34+,38?/m0/s1. The molecule has 3 N–H and O–H groups in total. The van der Waals surface area contributed by atoms with Crippen molar-refractivity contribution in [1.82, 2.24) is 5.32 Å². The fourth-order valence-electron chi connectivity index (χ4n) is 6.36. The summed E-state index contributed by atoms with van der Waals surface area (Å²) in [6.45, 7) is 6.11. The van der Waals surface area contributed by atoms with Gasteiger partial charge in [-0.15, -0.1) is 6.58 Å². The first kappa shape index (κ1) is 31.7. The van der Waals surface area contributed by atoms with Crippen LogP contribution in [0.5, 0.6) is 0 Å². The number of fused-ring (bicyclic) bond motifs is 1. The van der Waals surface area contributed by atoms with Gasteiger partial charge in [0.1, 0.15) is 0 Å². The number of aliphatic imine (C=N–C) groups is 1. The second-order valence-electron chi connectivity index (χ2n) is 12.6. The Hall–Kier alpha value is -5.30. The molecule has 3 amide bonds. The number of aryl methyl sites for hydroxylation is 1. The molecule has 1 saturated carbocycles. The van der Waals surface area contributed by atoms with E-state index in [-0.39, 0.29) is 18.9 Å². The quantitative estimate of drug-likeness (QED) is 0.174. The topological polar surface area (TPSA) is 105 Å². The van der Waals surface area contributed by atoms with Gasteiger partial charge in [-0.3, -0.25) is 14.4 Å². The molecular weight excluding hydrogens is 584 g/mol. The minimum atomic E-state index is -1.22. The summed E-state index contributed by atoms with van der Waals surface area (Å²) in [5.74, 6) is -2.36. The summed E-state index contributed by atoms with van der Waals surface area (Å²) < 4.78 is 0. The van der Waals surface area contributed by atoms with E-state index < -0.39 is 29.8 Å². The van der Waals surface area contributed by atoms with Gasteiger partial charge < -0.3 is 16.0 Å². The molecular formula is C40H40N4O3. The van der Waals surface area contributed by atoms with Gasteiger partial charge in [-0.2, -0.15) is 0 Å². The molecule has 1 fully saturated rings. The fraction of sp³-hybridized carbons (Fsp3) is 0.250. The van der Waals surface area contributed by atoms with E-state index in [4.69, 9.17) is 10.7 Å². The predicted octanol–water partition coefficient (Wildman–Crippen LogP) is 6.58. The van der Waals surface area contributed by atoms with Crippen molar-refractivity contribution in [3.63, 3.8) is 0 Å².